The highest BCUT2D eigenvalue weighted by Crippen LogP contribution is 2.21. The summed E-state index contributed by atoms with van der Waals surface area (Å²) in [6.07, 6.45) is 10.2. The molecule has 2 N–H and O–H groups in total. The van der Waals surface area contributed by atoms with Gasteiger partial charge in [-0.2, -0.15) is 0 Å². The molecular formula is C26H27ClN6. The first-order chi connectivity index (χ1) is 16.2. The molecule has 0 aliphatic carbocycles. The van der Waals surface area contributed by atoms with E-state index in [1.54, 1.807) is 6.33 Å². The highest BCUT2D eigenvalue weighted by Gasteiger charge is 2.14. The average Bonchev–Trinajstić information content (AvgIpc) is 3.56. The van der Waals surface area contributed by atoms with E-state index in [0.717, 1.165) is 66.6 Å². The molecule has 0 aliphatic heterocycles. The third-order valence-electron chi connectivity index (χ3n) is 6.15. The third-order valence-corrected chi connectivity index (χ3v) is 6.58. The highest BCUT2D eigenvalue weighted by molar-refractivity contribution is 6.31. The lowest BCUT2D eigenvalue weighted by atomic mass is 10.1. The normalized spacial score (nSPS) is 11.5. The molecule has 2 aromatic carbocycles. The van der Waals surface area contributed by atoms with Crippen LogP contribution >= 0.6 is 11.6 Å². The average molecular weight is 459 g/mol. The van der Waals surface area contributed by atoms with Crippen molar-refractivity contribution in [3.8, 4) is 0 Å². The molecule has 5 aromatic rings. The quantitative estimate of drug-likeness (QED) is 0.308. The van der Waals surface area contributed by atoms with E-state index in [9.17, 15) is 0 Å². The fourth-order valence-electron chi connectivity index (χ4n) is 4.38. The predicted molar refractivity (Wildman–Crippen MR) is 132 cm³/mol. The molecule has 0 aliphatic rings. The van der Waals surface area contributed by atoms with Crippen LogP contribution in [0, 0.1) is 6.92 Å². The van der Waals surface area contributed by atoms with Crippen molar-refractivity contribution in [1.82, 2.24) is 29.7 Å². The summed E-state index contributed by atoms with van der Waals surface area (Å²) in [6.45, 7) is 2.90. The van der Waals surface area contributed by atoms with Crippen molar-refractivity contribution < 1.29 is 0 Å². The highest BCUT2D eigenvalue weighted by atomic mass is 35.5. The number of hydrogen-bond acceptors (Lipinski definition) is 3. The first kappa shape index (κ1) is 21.5. The molecule has 168 valence electrons. The van der Waals surface area contributed by atoms with Crippen molar-refractivity contribution in [3.05, 3.63) is 100 Å². The molecule has 0 atom stereocenters. The topological polar surface area (TPSA) is 75.2 Å². The Hall–Kier alpha value is -3.38. The number of fused-ring (bicyclic) bond motifs is 1. The zero-order valence-electron chi connectivity index (χ0n) is 18.7. The van der Waals surface area contributed by atoms with Crippen molar-refractivity contribution in [2.75, 3.05) is 0 Å². The number of rotatable bonds is 9. The summed E-state index contributed by atoms with van der Waals surface area (Å²) in [5, 5.41) is 11.3. The van der Waals surface area contributed by atoms with Gasteiger partial charge in [0.25, 0.3) is 0 Å². The molecular weight excluding hydrogens is 432 g/mol. The molecule has 33 heavy (non-hydrogen) atoms. The van der Waals surface area contributed by atoms with Crippen LogP contribution in [-0.4, -0.2) is 29.7 Å². The lowest BCUT2D eigenvalue weighted by Gasteiger charge is -2.11. The number of nitrogens with zero attached hydrogens (tertiary/aromatic N) is 4. The minimum Gasteiger partial charge on any atom is -0.361 e. The Balaban J connectivity index is 1.36. The van der Waals surface area contributed by atoms with Gasteiger partial charge in [-0.3, -0.25) is 0 Å². The van der Waals surface area contributed by atoms with Crippen LogP contribution in [-0.2, 0) is 32.2 Å². The number of para-hydroxylation sites is 1. The van der Waals surface area contributed by atoms with E-state index in [1.807, 2.05) is 19.2 Å². The summed E-state index contributed by atoms with van der Waals surface area (Å²) in [5.74, 6) is 2.02. The second-order valence-corrected chi connectivity index (χ2v) is 8.88. The van der Waals surface area contributed by atoms with E-state index < -0.39 is 0 Å². The first-order valence-corrected chi connectivity index (χ1v) is 11.7. The molecule has 0 bridgehead atoms. The molecule has 7 heteroatoms. The molecule has 0 saturated heterocycles. The number of aromatic amines is 2. The van der Waals surface area contributed by atoms with Gasteiger partial charge < -0.3 is 14.5 Å². The number of aryl methyl sites for hydroxylation is 4. The third kappa shape index (κ3) is 4.86. The molecule has 0 amide bonds. The monoisotopic (exact) mass is 458 g/mol. The van der Waals surface area contributed by atoms with Gasteiger partial charge in [0.1, 0.15) is 11.6 Å². The van der Waals surface area contributed by atoms with E-state index in [0.29, 0.717) is 0 Å². The number of nitrogens with one attached hydrogen (secondary N) is 2. The Morgan fingerprint density at radius 1 is 0.970 bits per heavy atom. The number of imidazole rings is 1. The van der Waals surface area contributed by atoms with Crippen molar-refractivity contribution in [3.63, 3.8) is 0 Å². The van der Waals surface area contributed by atoms with Gasteiger partial charge in [-0.1, -0.05) is 41.9 Å². The second-order valence-electron chi connectivity index (χ2n) is 8.47. The maximum atomic E-state index is 6.22. The molecule has 0 saturated carbocycles. The number of aromatic nitrogens is 6. The number of H-pyrrole nitrogens is 2. The van der Waals surface area contributed by atoms with Gasteiger partial charge in [-0.25, -0.2) is 4.98 Å². The van der Waals surface area contributed by atoms with Gasteiger partial charge in [-0.05, 0) is 55.0 Å². The Kier molecular flexibility index (Phi) is 6.26. The Bertz CT molecular complexity index is 1350. The summed E-state index contributed by atoms with van der Waals surface area (Å²) in [5.41, 5.74) is 5.84. The fraction of sp³-hybridized carbons (Fsp3) is 0.269. The van der Waals surface area contributed by atoms with E-state index >= 15 is 0 Å². The van der Waals surface area contributed by atoms with Crippen molar-refractivity contribution in [2.24, 2.45) is 0 Å². The lowest BCUT2D eigenvalue weighted by molar-refractivity contribution is 0.585. The molecule has 3 aromatic heterocycles. The second kappa shape index (κ2) is 9.63. The van der Waals surface area contributed by atoms with Gasteiger partial charge in [0.15, 0.2) is 0 Å². The van der Waals surface area contributed by atoms with Gasteiger partial charge in [0.05, 0.1) is 12.0 Å². The van der Waals surface area contributed by atoms with E-state index in [1.165, 1.54) is 22.0 Å². The Labute approximate surface area is 198 Å². The van der Waals surface area contributed by atoms with E-state index in [2.05, 4.69) is 72.3 Å². The van der Waals surface area contributed by atoms with Crippen molar-refractivity contribution >= 4 is 22.5 Å². The van der Waals surface area contributed by atoms with Crippen LogP contribution in [0.2, 0.25) is 5.02 Å². The summed E-state index contributed by atoms with van der Waals surface area (Å²) >= 11 is 6.22. The van der Waals surface area contributed by atoms with Crippen LogP contribution in [0.25, 0.3) is 10.9 Å². The number of halogens is 1. The van der Waals surface area contributed by atoms with Crippen LogP contribution < -0.4 is 0 Å². The van der Waals surface area contributed by atoms with Gasteiger partial charge in [0, 0.05) is 47.7 Å². The Morgan fingerprint density at radius 3 is 2.70 bits per heavy atom. The summed E-state index contributed by atoms with van der Waals surface area (Å²) in [4.78, 5) is 10.8. The minimum atomic E-state index is 0.737. The summed E-state index contributed by atoms with van der Waals surface area (Å²) in [6, 6.07) is 14.6. The maximum Gasteiger partial charge on any atom is 0.137 e. The molecule has 3 heterocycles. The number of hydrogen-bond donors (Lipinski definition) is 2. The summed E-state index contributed by atoms with van der Waals surface area (Å²) < 4.78 is 2.30. The van der Waals surface area contributed by atoms with Crippen LogP contribution in [0.3, 0.4) is 0 Å². The van der Waals surface area contributed by atoms with Crippen LogP contribution in [0.4, 0.5) is 0 Å². The molecule has 6 nitrogen and oxygen atoms in total. The number of benzene rings is 2. The summed E-state index contributed by atoms with van der Waals surface area (Å²) in [7, 11) is 0. The van der Waals surface area contributed by atoms with Crippen molar-refractivity contribution in [1.29, 1.82) is 0 Å². The largest absolute Gasteiger partial charge is 0.361 e. The lowest BCUT2D eigenvalue weighted by Crippen LogP contribution is -2.10. The molecule has 0 fully saturated rings. The standard InChI is InChI=1S/C26H27ClN6/c1-18-13-19(8-10-23(18)27)14-26-32-31-25(33(26)12-4-5-21-16-28-17-30-21)11-9-20-15-29-24-7-3-2-6-22(20)24/h2-3,6-8,10,13,15-17,29H,4-5,9,11-12,14H2,1H3,(H,28,30). The van der Waals surface area contributed by atoms with E-state index in [-0.39, 0.29) is 0 Å². The first-order valence-electron chi connectivity index (χ1n) is 11.4. The van der Waals surface area contributed by atoms with Crippen molar-refractivity contribution in [2.45, 2.75) is 45.6 Å². The predicted octanol–water partition coefficient (Wildman–Crippen LogP) is 5.45. The molecule has 0 radical (unpaired) electrons. The minimum absolute atomic E-state index is 0.737. The molecule has 0 spiro atoms. The zero-order valence-corrected chi connectivity index (χ0v) is 19.4. The van der Waals surface area contributed by atoms with E-state index in [4.69, 9.17) is 11.6 Å². The van der Waals surface area contributed by atoms with Crippen LogP contribution in [0.5, 0.6) is 0 Å². The molecule has 5 rings (SSSR count). The SMILES string of the molecule is Cc1cc(Cc2nnc(CCc3c[nH]c4ccccc34)n2CCCc2c[nH]cn2)ccc1Cl. The smallest absolute Gasteiger partial charge is 0.137 e. The van der Waals surface area contributed by atoms with Gasteiger partial charge in [0.2, 0.25) is 0 Å². The van der Waals surface area contributed by atoms with Crippen LogP contribution in [0.1, 0.15) is 40.5 Å². The maximum absolute atomic E-state index is 6.22. The Morgan fingerprint density at radius 2 is 1.85 bits per heavy atom. The zero-order chi connectivity index (χ0) is 22.6. The van der Waals surface area contributed by atoms with Crippen LogP contribution in [0.15, 0.2) is 61.2 Å². The fourth-order valence-corrected chi connectivity index (χ4v) is 4.49. The molecule has 0 unspecified atom stereocenters. The van der Waals surface area contributed by atoms with Gasteiger partial charge >= 0.3 is 0 Å². The van der Waals surface area contributed by atoms with Gasteiger partial charge in [-0.15, -0.1) is 10.2 Å².